The van der Waals surface area contributed by atoms with Crippen LogP contribution < -0.4 is 10.5 Å². The van der Waals surface area contributed by atoms with Crippen molar-refractivity contribution in [1.82, 2.24) is 4.90 Å². The summed E-state index contributed by atoms with van der Waals surface area (Å²) in [6.45, 7) is 0.282. The molecule has 148 valence electrons. The Morgan fingerprint density at radius 1 is 1.04 bits per heavy atom. The Balaban J connectivity index is 2.35. The number of hydrogen-bond donors (Lipinski definition) is 1. The van der Waals surface area contributed by atoms with Crippen LogP contribution in [0.3, 0.4) is 0 Å². The number of rotatable bonds is 7. The highest BCUT2D eigenvalue weighted by molar-refractivity contribution is 5.38. The minimum atomic E-state index is -4.77. The third kappa shape index (κ3) is 5.36. The summed E-state index contributed by atoms with van der Waals surface area (Å²) in [7, 11) is 3.48. The SMILES string of the molecule is CN(C)Cc1cc([C@@H](N)c2cc(F)cc(OC(F)(F)C(F)F)c2)ccc1F. The second kappa shape index (κ2) is 8.18. The lowest BCUT2D eigenvalue weighted by Crippen LogP contribution is -2.33. The first-order valence-electron chi connectivity index (χ1n) is 7.83. The molecule has 0 unspecified atom stereocenters. The Kier molecular flexibility index (Phi) is 6.38. The van der Waals surface area contributed by atoms with Crippen LogP contribution in [0.1, 0.15) is 22.7 Å². The van der Waals surface area contributed by atoms with Gasteiger partial charge >= 0.3 is 12.5 Å². The van der Waals surface area contributed by atoms with E-state index in [4.69, 9.17) is 5.73 Å². The summed E-state index contributed by atoms with van der Waals surface area (Å²) in [4.78, 5) is 1.73. The van der Waals surface area contributed by atoms with Gasteiger partial charge in [-0.2, -0.15) is 17.6 Å². The monoisotopic (exact) mass is 392 g/mol. The van der Waals surface area contributed by atoms with E-state index in [1.807, 2.05) is 0 Å². The summed E-state index contributed by atoms with van der Waals surface area (Å²) < 4.78 is 82.3. The first-order chi connectivity index (χ1) is 12.5. The van der Waals surface area contributed by atoms with E-state index in [0.717, 1.165) is 12.1 Å². The van der Waals surface area contributed by atoms with E-state index in [1.165, 1.54) is 18.2 Å². The predicted molar refractivity (Wildman–Crippen MR) is 87.8 cm³/mol. The van der Waals surface area contributed by atoms with Crippen molar-refractivity contribution in [2.24, 2.45) is 5.73 Å². The zero-order valence-corrected chi connectivity index (χ0v) is 14.5. The molecule has 1 atom stereocenters. The van der Waals surface area contributed by atoms with Gasteiger partial charge in [0.1, 0.15) is 17.4 Å². The molecule has 0 amide bonds. The van der Waals surface area contributed by atoms with Gasteiger partial charge in [-0.25, -0.2) is 8.78 Å². The van der Waals surface area contributed by atoms with Crippen molar-refractivity contribution in [3.8, 4) is 5.75 Å². The van der Waals surface area contributed by atoms with Crippen LogP contribution >= 0.6 is 0 Å². The zero-order valence-electron chi connectivity index (χ0n) is 14.5. The van der Waals surface area contributed by atoms with Crippen molar-refractivity contribution in [3.05, 3.63) is 64.7 Å². The molecule has 0 aliphatic rings. The topological polar surface area (TPSA) is 38.5 Å². The number of nitrogens with zero attached hydrogens (tertiary/aromatic N) is 1. The van der Waals surface area contributed by atoms with E-state index < -0.39 is 36.0 Å². The summed E-state index contributed by atoms with van der Waals surface area (Å²) >= 11 is 0. The lowest BCUT2D eigenvalue weighted by molar-refractivity contribution is -0.253. The lowest BCUT2D eigenvalue weighted by Gasteiger charge is -2.19. The van der Waals surface area contributed by atoms with Crippen LogP contribution in [0.25, 0.3) is 0 Å². The van der Waals surface area contributed by atoms with Crippen molar-refractivity contribution >= 4 is 0 Å². The quantitative estimate of drug-likeness (QED) is 0.714. The van der Waals surface area contributed by atoms with Gasteiger partial charge in [0.25, 0.3) is 0 Å². The van der Waals surface area contributed by atoms with E-state index in [0.29, 0.717) is 17.2 Å². The number of ether oxygens (including phenoxy) is 1. The minimum absolute atomic E-state index is 0.0116. The van der Waals surface area contributed by atoms with Gasteiger partial charge < -0.3 is 15.4 Å². The van der Waals surface area contributed by atoms with Crippen molar-refractivity contribution in [3.63, 3.8) is 0 Å². The molecule has 3 nitrogen and oxygen atoms in total. The Hall–Kier alpha value is -2.26. The summed E-state index contributed by atoms with van der Waals surface area (Å²) in [6, 6.07) is 5.48. The summed E-state index contributed by atoms with van der Waals surface area (Å²) in [5.74, 6) is -2.24. The molecule has 2 rings (SSSR count). The van der Waals surface area contributed by atoms with Crippen molar-refractivity contribution in [1.29, 1.82) is 0 Å². The highest BCUT2D eigenvalue weighted by atomic mass is 19.3. The molecule has 2 N–H and O–H groups in total. The van der Waals surface area contributed by atoms with E-state index in [9.17, 15) is 26.3 Å². The molecule has 0 heterocycles. The van der Waals surface area contributed by atoms with Crippen molar-refractivity contribution in [2.75, 3.05) is 14.1 Å². The number of alkyl halides is 4. The van der Waals surface area contributed by atoms with Crippen LogP contribution in [0, 0.1) is 11.6 Å². The van der Waals surface area contributed by atoms with Crippen molar-refractivity contribution < 1.29 is 31.1 Å². The molecule has 0 saturated carbocycles. The zero-order chi connectivity index (χ0) is 20.4. The van der Waals surface area contributed by atoms with Crippen LogP contribution in [-0.2, 0) is 6.54 Å². The maximum absolute atomic E-state index is 13.9. The Morgan fingerprint density at radius 3 is 2.30 bits per heavy atom. The summed E-state index contributed by atoms with van der Waals surface area (Å²) in [6.07, 6.45) is -8.85. The molecule has 0 aliphatic heterocycles. The Bertz CT molecular complexity index is 797. The molecular weight excluding hydrogens is 374 g/mol. The number of nitrogens with two attached hydrogens (primary N) is 1. The number of benzene rings is 2. The third-order valence-electron chi connectivity index (χ3n) is 3.68. The molecular formula is C18H18F6N2O. The highest BCUT2D eigenvalue weighted by Gasteiger charge is 2.44. The fourth-order valence-electron chi connectivity index (χ4n) is 2.47. The molecule has 9 heteroatoms. The van der Waals surface area contributed by atoms with Crippen molar-refractivity contribution in [2.45, 2.75) is 25.1 Å². The average Bonchev–Trinajstić information content (AvgIpc) is 2.54. The van der Waals surface area contributed by atoms with E-state index in [1.54, 1.807) is 19.0 Å². The van der Waals surface area contributed by atoms with E-state index in [2.05, 4.69) is 4.74 Å². The first-order valence-corrected chi connectivity index (χ1v) is 7.83. The van der Waals surface area contributed by atoms with Gasteiger partial charge in [-0.05, 0) is 49.5 Å². The molecule has 2 aromatic carbocycles. The van der Waals surface area contributed by atoms with Gasteiger partial charge in [-0.1, -0.05) is 6.07 Å². The van der Waals surface area contributed by atoms with Gasteiger partial charge in [0.05, 0.1) is 6.04 Å². The molecule has 27 heavy (non-hydrogen) atoms. The van der Waals surface area contributed by atoms with Crippen LogP contribution in [0.4, 0.5) is 26.3 Å². The molecule has 0 bridgehead atoms. The van der Waals surface area contributed by atoms with Crippen LogP contribution in [0.5, 0.6) is 5.75 Å². The standard InChI is InChI=1S/C18H18F6N2O/c1-26(2)9-12-5-10(3-4-15(12)20)16(25)11-6-13(19)8-14(7-11)27-18(23,24)17(21)22/h3-8,16-17H,9,25H2,1-2H3/t16-/m1/s1. The fraction of sp³-hybridized carbons (Fsp3) is 0.333. The molecule has 0 fully saturated rings. The molecule has 2 aromatic rings. The highest BCUT2D eigenvalue weighted by Crippen LogP contribution is 2.31. The number of hydrogen-bond acceptors (Lipinski definition) is 3. The largest absolute Gasteiger partial charge is 0.461 e. The fourth-order valence-corrected chi connectivity index (χ4v) is 2.47. The van der Waals surface area contributed by atoms with Crippen LogP contribution in [0.15, 0.2) is 36.4 Å². The predicted octanol–water partition coefficient (Wildman–Crippen LogP) is 4.31. The smallest absolute Gasteiger partial charge is 0.428 e. The maximum Gasteiger partial charge on any atom is 0.461 e. The maximum atomic E-state index is 13.9. The molecule has 0 saturated heterocycles. The second-order valence-electron chi connectivity index (χ2n) is 6.25. The van der Waals surface area contributed by atoms with Gasteiger partial charge in [0.15, 0.2) is 0 Å². The van der Waals surface area contributed by atoms with Gasteiger partial charge in [-0.3, -0.25) is 0 Å². The van der Waals surface area contributed by atoms with Crippen LogP contribution in [0.2, 0.25) is 0 Å². The van der Waals surface area contributed by atoms with Gasteiger partial charge in [0, 0.05) is 18.2 Å². The summed E-state index contributed by atoms with van der Waals surface area (Å²) in [5.41, 5.74) is 6.78. The third-order valence-corrected chi connectivity index (χ3v) is 3.68. The average molecular weight is 392 g/mol. The van der Waals surface area contributed by atoms with Crippen LogP contribution in [-0.4, -0.2) is 31.5 Å². The lowest BCUT2D eigenvalue weighted by atomic mass is 9.97. The van der Waals surface area contributed by atoms with Gasteiger partial charge in [-0.15, -0.1) is 0 Å². The van der Waals surface area contributed by atoms with Gasteiger partial charge in [0.2, 0.25) is 0 Å². The Morgan fingerprint density at radius 2 is 1.70 bits per heavy atom. The molecule has 0 spiro atoms. The normalized spacial score (nSPS) is 13.3. The summed E-state index contributed by atoms with van der Waals surface area (Å²) in [5, 5.41) is 0. The molecule has 0 aliphatic carbocycles. The van der Waals surface area contributed by atoms with E-state index >= 15 is 0 Å². The second-order valence-corrected chi connectivity index (χ2v) is 6.25. The Labute approximate surface area is 152 Å². The number of halogens is 6. The van der Waals surface area contributed by atoms with E-state index in [-0.39, 0.29) is 12.1 Å². The first kappa shape index (κ1) is 21.0. The molecule has 0 aromatic heterocycles. The minimum Gasteiger partial charge on any atom is -0.428 e. The molecule has 0 radical (unpaired) electrons.